The molecule has 0 spiro atoms. The van der Waals surface area contributed by atoms with Crippen molar-refractivity contribution in [3.8, 4) is 0 Å². The summed E-state index contributed by atoms with van der Waals surface area (Å²) in [6, 6.07) is 18.2. The van der Waals surface area contributed by atoms with E-state index < -0.39 is 20.0 Å². The molecule has 7 nitrogen and oxygen atoms in total. The van der Waals surface area contributed by atoms with E-state index in [1.807, 2.05) is 36.4 Å². The van der Waals surface area contributed by atoms with E-state index in [-0.39, 0.29) is 19.4 Å². The Morgan fingerprint density at radius 1 is 0.840 bits per heavy atom. The van der Waals surface area contributed by atoms with E-state index in [9.17, 15) is 9.36 Å². The lowest BCUT2D eigenvalue weighted by Crippen LogP contribution is -2.06. The molecule has 1 N–H and O–H groups in total. The van der Waals surface area contributed by atoms with Gasteiger partial charge in [0.25, 0.3) is 0 Å². The molecule has 0 amide bonds. The average molecular weight is 366 g/mol. The molecule has 2 rings (SSSR count). The lowest BCUT2D eigenvalue weighted by molar-refractivity contribution is -0.276. The Kier molecular flexibility index (Phi) is 7.78. The van der Waals surface area contributed by atoms with E-state index >= 15 is 0 Å². The number of benzene rings is 2. The van der Waals surface area contributed by atoms with Crippen molar-refractivity contribution in [1.82, 2.24) is 0 Å². The second-order valence-corrected chi connectivity index (χ2v) is 7.09. The number of hydrogen-bond donors (Lipinski definition) is 1. The van der Waals surface area contributed by atoms with Gasteiger partial charge in [0, 0.05) is 0 Å². The minimum atomic E-state index is -3.87. The standard InChI is InChI=1S/C17H19O7P/c18-17(19)11-12-25(20,23-21-13-15-7-3-1-4-8-15)24-22-14-16-9-5-2-6-10-16/h1-10H,11-14H2,(H,18,19). The summed E-state index contributed by atoms with van der Waals surface area (Å²) in [5.41, 5.74) is 1.61. The highest BCUT2D eigenvalue weighted by atomic mass is 31.2. The van der Waals surface area contributed by atoms with Crippen molar-refractivity contribution in [2.45, 2.75) is 19.6 Å². The largest absolute Gasteiger partial charge is 0.481 e. The predicted molar refractivity (Wildman–Crippen MR) is 89.4 cm³/mol. The molecule has 0 saturated carbocycles. The summed E-state index contributed by atoms with van der Waals surface area (Å²) < 4.78 is 22.3. The first-order valence-electron chi connectivity index (χ1n) is 7.58. The number of aliphatic carboxylic acids is 1. The number of hydrogen-bond acceptors (Lipinski definition) is 6. The van der Waals surface area contributed by atoms with E-state index in [1.54, 1.807) is 24.3 Å². The van der Waals surface area contributed by atoms with Crippen molar-refractivity contribution < 1.29 is 33.6 Å². The van der Waals surface area contributed by atoms with Crippen LogP contribution in [-0.4, -0.2) is 17.2 Å². The van der Waals surface area contributed by atoms with E-state index in [2.05, 4.69) is 0 Å². The number of carboxylic acid groups (broad SMARTS) is 1. The van der Waals surface area contributed by atoms with Crippen molar-refractivity contribution in [3.63, 3.8) is 0 Å². The van der Waals surface area contributed by atoms with Crippen molar-refractivity contribution in [3.05, 3.63) is 71.8 Å². The fourth-order valence-electron chi connectivity index (χ4n) is 1.82. The minimum Gasteiger partial charge on any atom is -0.481 e. The van der Waals surface area contributed by atoms with E-state index in [4.69, 9.17) is 24.2 Å². The first kappa shape index (κ1) is 19.3. The third-order valence-electron chi connectivity index (χ3n) is 3.07. The fraction of sp³-hybridized carbons (Fsp3) is 0.235. The number of carbonyl (C=O) groups is 1. The molecule has 8 heteroatoms. The van der Waals surface area contributed by atoms with Crippen molar-refractivity contribution >= 4 is 13.6 Å². The average Bonchev–Trinajstić information content (AvgIpc) is 2.62. The van der Waals surface area contributed by atoms with Gasteiger partial charge in [-0.05, 0) is 11.1 Å². The summed E-state index contributed by atoms with van der Waals surface area (Å²) >= 11 is 0. The van der Waals surface area contributed by atoms with Gasteiger partial charge in [0.15, 0.2) is 0 Å². The summed E-state index contributed by atoms with van der Waals surface area (Å²) in [5, 5.41) is 8.77. The quantitative estimate of drug-likeness (QED) is 0.366. The second-order valence-electron chi connectivity index (χ2n) is 5.12. The Labute approximate surface area is 145 Å². The molecule has 2 aromatic carbocycles. The molecule has 0 radical (unpaired) electrons. The molecule has 0 saturated heterocycles. The molecule has 134 valence electrons. The molecule has 2 aromatic rings. The van der Waals surface area contributed by atoms with Crippen LogP contribution in [0.25, 0.3) is 0 Å². The highest BCUT2D eigenvalue weighted by Gasteiger charge is 2.29. The van der Waals surface area contributed by atoms with Crippen molar-refractivity contribution in [1.29, 1.82) is 0 Å². The summed E-state index contributed by atoms with van der Waals surface area (Å²) in [7, 11) is -3.87. The van der Waals surface area contributed by atoms with Crippen LogP contribution in [0.2, 0.25) is 0 Å². The molecule has 0 aliphatic carbocycles. The maximum Gasteiger partial charge on any atom is 0.385 e. The van der Waals surface area contributed by atoms with Gasteiger partial charge in [0.05, 0.1) is 12.6 Å². The van der Waals surface area contributed by atoms with Gasteiger partial charge in [-0.25, -0.2) is 9.78 Å². The van der Waals surface area contributed by atoms with Crippen molar-refractivity contribution in [2.75, 3.05) is 6.16 Å². The van der Waals surface area contributed by atoms with Gasteiger partial charge in [0.1, 0.15) is 13.2 Å². The Balaban J connectivity index is 1.85. The molecular weight excluding hydrogens is 347 g/mol. The van der Waals surface area contributed by atoms with Crippen LogP contribution < -0.4 is 0 Å². The first-order chi connectivity index (χ1) is 12.1. The zero-order chi connectivity index (χ0) is 18.0. The van der Waals surface area contributed by atoms with Gasteiger partial charge in [-0.15, -0.1) is 9.35 Å². The zero-order valence-electron chi connectivity index (χ0n) is 13.4. The third kappa shape index (κ3) is 7.60. The Hall–Kier alpha value is -2.02. The fourth-order valence-corrected chi connectivity index (χ4v) is 2.88. The molecule has 25 heavy (non-hydrogen) atoms. The Morgan fingerprint density at radius 2 is 1.28 bits per heavy atom. The molecular formula is C17H19O7P. The molecule has 0 bridgehead atoms. The summed E-state index contributed by atoms with van der Waals surface area (Å²) in [6.07, 6.45) is -0.771. The summed E-state index contributed by atoms with van der Waals surface area (Å²) in [4.78, 5) is 20.6. The maximum absolute atomic E-state index is 12.5. The molecule has 0 unspecified atom stereocenters. The van der Waals surface area contributed by atoms with Gasteiger partial charge in [0.2, 0.25) is 0 Å². The monoisotopic (exact) mass is 366 g/mol. The molecule has 0 atom stereocenters. The van der Waals surface area contributed by atoms with E-state index in [0.717, 1.165) is 11.1 Å². The van der Waals surface area contributed by atoms with Gasteiger partial charge in [-0.2, -0.15) is 0 Å². The third-order valence-corrected chi connectivity index (χ3v) is 4.51. The summed E-state index contributed by atoms with van der Waals surface area (Å²) in [5.74, 6) is -1.13. The van der Waals surface area contributed by atoms with Crippen LogP contribution in [0.1, 0.15) is 17.5 Å². The van der Waals surface area contributed by atoms with E-state index in [0.29, 0.717) is 0 Å². The predicted octanol–water partition coefficient (Wildman–Crippen LogP) is 3.95. The maximum atomic E-state index is 12.5. The van der Waals surface area contributed by atoms with Gasteiger partial charge < -0.3 is 5.11 Å². The normalized spacial score (nSPS) is 11.4. The molecule has 0 fully saturated rings. The van der Waals surface area contributed by atoms with Crippen molar-refractivity contribution in [2.24, 2.45) is 0 Å². The second kappa shape index (κ2) is 10.1. The van der Waals surface area contributed by atoms with Gasteiger partial charge in [-0.1, -0.05) is 60.7 Å². The molecule has 0 aliphatic rings. The van der Waals surface area contributed by atoms with Crippen LogP contribution >= 0.6 is 7.60 Å². The highest BCUT2D eigenvalue weighted by molar-refractivity contribution is 7.53. The zero-order valence-corrected chi connectivity index (χ0v) is 14.3. The lowest BCUT2D eigenvalue weighted by atomic mass is 10.2. The van der Waals surface area contributed by atoms with Crippen LogP contribution in [0, 0.1) is 0 Å². The summed E-state index contributed by atoms with van der Waals surface area (Å²) in [6.45, 7) is 0.0832. The Morgan fingerprint density at radius 3 is 1.68 bits per heavy atom. The van der Waals surface area contributed by atoms with Crippen LogP contribution in [0.3, 0.4) is 0 Å². The van der Waals surface area contributed by atoms with Crippen LogP contribution in [0.15, 0.2) is 60.7 Å². The highest BCUT2D eigenvalue weighted by Crippen LogP contribution is 2.49. The van der Waals surface area contributed by atoms with Crippen LogP contribution in [-0.2, 0) is 41.7 Å². The smallest absolute Gasteiger partial charge is 0.385 e. The molecule has 0 aliphatic heterocycles. The SMILES string of the molecule is O=C(O)CCP(=O)(OOCc1ccccc1)OOCc1ccccc1. The Bertz CT molecular complexity index is 641. The van der Waals surface area contributed by atoms with E-state index in [1.165, 1.54) is 0 Å². The number of carboxylic acids is 1. The van der Waals surface area contributed by atoms with Crippen LogP contribution in [0.5, 0.6) is 0 Å². The van der Waals surface area contributed by atoms with Crippen LogP contribution in [0.4, 0.5) is 0 Å². The first-order valence-corrected chi connectivity index (χ1v) is 9.31. The van der Waals surface area contributed by atoms with Gasteiger partial charge >= 0.3 is 13.6 Å². The molecule has 0 aromatic heterocycles. The molecule has 0 heterocycles. The topological polar surface area (TPSA) is 91.3 Å². The minimum absolute atomic E-state index is 0.0416. The van der Waals surface area contributed by atoms with Gasteiger partial charge in [-0.3, -0.25) is 9.36 Å². The lowest BCUT2D eigenvalue weighted by Gasteiger charge is -2.15. The number of rotatable bonds is 11.